The molecule has 5 rings (SSSR count). The van der Waals surface area contributed by atoms with Gasteiger partial charge < -0.3 is 14.4 Å². The summed E-state index contributed by atoms with van der Waals surface area (Å²) < 4.78 is 3.82. The number of hydrogen-bond donors (Lipinski definition) is 0. The van der Waals surface area contributed by atoms with Crippen molar-refractivity contribution < 1.29 is 4.79 Å². The second-order valence-electron chi connectivity index (χ2n) is 7.96. The first kappa shape index (κ1) is 19.3. The van der Waals surface area contributed by atoms with Crippen LogP contribution in [0, 0.1) is 13.8 Å². The second-order valence-corrected chi connectivity index (χ2v) is 7.96. The maximum absolute atomic E-state index is 12.8. The van der Waals surface area contributed by atoms with Crippen molar-refractivity contribution in [3.05, 3.63) is 66.1 Å². The molecule has 3 aromatic heterocycles. The number of carbonyl (C=O) groups excluding carboxylic acids is 1. The summed E-state index contributed by atoms with van der Waals surface area (Å²) in [5, 5.41) is 14.4. The number of carbonyl (C=O) groups is 1. The summed E-state index contributed by atoms with van der Waals surface area (Å²) >= 11 is 0. The van der Waals surface area contributed by atoms with Crippen LogP contribution in [0.5, 0.6) is 0 Å². The number of nitrogens with zero attached hydrogens (tertiary/aromatic N) is 7. The fraction of sp³-hybridized carbons (Fsp3) is 0.304. The Labute approximate surface area is 180 Å². The number of aromatic nitrogens is 5. The number of fused-ring (bicyclic) bond motifs is 1. The van der Waals surface area contributed by atoms with Crippen LogP contribution in [0.3, 0.4) is 0 Å². The van der Waals surface area contributed by atoms with Crippen LogP contribution in [0.1, 0.15) is 11.4 Å². The topological polar surface area (TPSA) is 72.1 Å². The van der Waals surface area contributed by atoms with E-state index in [4.69, 9.17) is 0 Å². The van der Waals surface area contributed by atoms with E-state index >= 15 is 0 Å². The molecular formula is C23H25N7O. The highest BCUT2D eigenvalue weighted by Gasteiger charge is 2.22. The molecule has 4 aromatic rings. The third-order valence-corrected chi connectivity index (χ3v) is 5.81. The van der Waals surface area contributed by atoms with Crippen molar-refractivity contribution in [2.45, 2.75) is 20.4 Å². The molecule has 4 heterocycles. The summed E-state index contributed by atoms with van der Waals surface area (Å²) in [4.78, 5) is 16.9. The number of hydrogen-bond acceptors (Lipinski definition) is 5. The Hall–Kier alpha value is -3.68. The summed E-state index contributed by atoms with van der Waals surface area (Å²) in [5.41, 5.74) is 3.08. The molecule has 1 saturated heterocycles. The maximum Gasteiger partial charge on any atom is 0.242 e. The van der Waals surface area contributed by atoms with Gasteiger partial charge in [0.15, 0.2) is 11.6 Å². The summed E-state index contributed by atoms with van der Waals surface area (Å²) in [7, 11) is 0. The monoisotopic (exact) mass is 415 g/mol. The van der Waals surface area contributed by atoms with Crippen molar-refractivity contribution in [2.24, 2.45) is 0 Å². The van der Waals surface area contributed by atoms with E-state index in [1.54, 1.807) is 4.68 Å². The van der Waals surface area contributed by atoms with Gasteiger partial charge in [0.2, 0.25) is 5.91 Å². The molecule has 1 amide bonds. The van der Waals surface area contributed by atoms with Gasteiger partial charge in [0.05, 0.1) is 5.69 Å². The third-order valence-electron chi connectivity index (χ3n) is 5.81. The maximum atomic E-state index is 12.8. The lowest BCUT2D eigenvalue weighted by atomic mass is 10.2. The Balaban J connectivity index is 1.21. The number of amides is 1. The van der Waals surface area contributed by atoms with Gasteiger partial charge in [-0.3, -0.25) is 4.79 Å². The lowest BCUT2D eigenvalue weighted by molar-refractivity contribution is -0.132. The Morgan fingerprint density at radius 2 is 1.68 bits per heavy atom. The zero-order valence-corrected chi connectivity index (χ0v) is 17.8. The van der Waals surface area contributed by atoms with Crippen molar-refractivity contribution in [3.8, 4) is 5.82 Å². The molecule has 0 saturated carbocycles. The molecule has 1 aromatic carbocycles. The van der Waals surface area contributed by atoms with Gasteiger partial charge in [-0.1, -0.05) is 18.2 Å². The Kier molecular flexibility index (Phi) is 4.89. The van der Waals surface area contributed by atoms with Gasteiger partial charge in [-0.25, -0.2) is 4.68 Å². The number of piperazine rings is 1. The molecule has 31 heavy (non-hydrogen) atoms. The summed E-state index contributed by atoms with van der Waals surface area (Å²) in [6.07, 6.45) is 1.98. The van der Waals surface area contributed by atoms with Crippen LogP contribution in [0.4, 0.5) is 5.82 Å². The van der Waals surface area contributed by atoms with E-state index in [0.717, 1.165) is 41.2 Å². The molecule has 0 bridgehead atoms. The molecule has 8 nitrogen and oxygen atoms in total. The largest absolute Gasteiger partial charge is 0.352 e. The van der Waals surface area contributed by atoms with Gasteiger partial charge in [-0.05, 0) is 49.6 Å². The first-order chi connectivity index (χ1) is 15.1. The van der Waals surface area contributed by atoms with E-state index in [9.17, 15) is 4.79 Å². The number of benzene rings is 1. The highest BCUT2D eigenvalue weighted by molar-refractivity contribution is 5.83. The van der Waals surface area contributed by atoms with Crippen LogP contribution in [-0.4, -0.2) is 61.5 Å². The van der Waals surface area contributed by atoms with Gasteiger partial charge in [0, 0.05) is 43.6 Å². The molecule has 0 atom stereocenters. The molecule has 8 heteroatoms. The van der Waals surface area contributed by atoms with E-state index in [1.807, 2.05) is 59.8 Å². The Morgan fingerprint density at radius 3 is 2.39 bits per heavy atom. The Bertz CT molecular complexity index is 1220. The minimum Gasteiger partial charge on any atom is -0.352 e. The standard InChI is InChI=1S/C23H25N7O/c1-17-15-18(2)30(26-17)22-8-7-21(24-25-22)27-11-13-28(14-12-27)23(31)16-29-10-9-19-5-3-4-6-20(19)29/h3-10,15H,11-14,16H2,1-2H3. The number of rotatable bonds is 4. The van der Waals surface area contributed by atoms with Crippen LogP contribution in [0.25, 0.3) is 16.7 Å². The van der Waals surface area contributed by atoms with Crippen LogP contribution in [0.15, 0.2) is 54.7 Å². The first-order valence-electron chi connectivity index (χ1n) is 10.5. The molecule has 158 valence electrons. The van der Waals surface area contributed by atoms with Gasteiger partial charge in [0.25, 0.3) is 0 Å². The smallest absolute Gasteiger partial charge is 0.242 e. The average Bonchev–Trinajstić information content (AvgIpc) is 3.36. The van der Waals surface area contributed by atoms with Crippen molar-refractivity contribution >= 4 is 22.6 Å². The summed E-state index contributed by atoms with van der Waals surface area (Å²) in [6, 6.07) is 16.1. The van der Waals surface area contributed by atoms with Crippen LogP contribution in [-0.2, 0) is 11.3 Å². The van der Waals surface area contributed by atoms with E-state index in [2.05, 4.69) is 38.4 Å². The lowest BCUT2D eigenvalue weighted by Crippen LogP contribution is -2.49. The first-order valence-corrected chi connectivity index (χ1v) is 10.5. The molecule has 0 N–H and O–H groups in total. The van der Waals surface area contributed by atoms with Gasteiger partial charge in [-0.2, -0.15) is 5.10 Å². The molecule has 0 aliphatic carbocycles. The molecular weight excluding hydrogens is 390 g/mol. The zero-order valence-electron chi connectivity index (χ0n) is 17.8. The molecule has 1 aliphatic heterocycles. The fourth-order valence-corrected chi connectivity index (χ4v) is 4.17. The van der Waals surface area contributed by atoms with E-state index in [-0.39, 0.29) is 5.91 Å². The van der Waals surface area contributed by atoms with Crippen molar-refractivity contribution in [2.75, 3.05) is 31.1 Å². The summed E-state index contributed by atoms with van der Waals surface area (Å²) in [5.74, 6) is 1.68. The lowest BCUT2D eigenvalue weighted by Gasteiger charge is -2.35. The number of para-hydroxylation sites is 1. The van der Waals surface area contributed by atoms with Gasteiger partial charge >= 0.3 is 0 Å². The normalized spacial score (nSPS) is 14.4. The Morgan fingerprint density at radius 1 is 0.935 bits per heavy atom. The van der Waals surface area contributed by atoms with Crippen molar-refractivity contribution in [1.29, 1.82) is 0 Å². The van der Waals surface area contributed by atoms with E-state index in [1.165, 1.54) is 0 Å². The van der Waals surface area contributed by atoms with E-state index in [0.29, 0.717) is 25.5 Å². The minimum absolute atomic E-state index is 0.145. The van der Waals surface area contributed by atoms with Crippen molar-refractivity contribution in [1.82, 2.24) is 29.4 Å². The highest BCUT2D eigenvalue weighted by atomic mass is 16.2. The zero-order chi connectivity index (χ0) is 21.4. The van der Waals surface area contributed by atoms with E-state index < -0.39 is 0 Å². The van der Waals surface area contributed by atoms with Crippen LogP contribution in [0.2, 0.25) is 0 Å². The second kappa shape index (κ2) is 7.86. The highest BCUT2D eigenvalue weighted by Crippen LogP contribution is 2.18. The SMILES string of the molecule is Cc1cc(C)n(-c2ccc(N3CCN(C(=O)Cn4ccc5ccccc54)CC3)nn2)n1. The average molecular weight is 416 g/mol. The predicted octanol–water partition coefficient (Wildman–Crippen LogP) is 2.58. The summed E-state index contributed by atoms with van der Waals surface area (Å²) in [6.45, 7) is 7.17. The minimum atomic E-state index is 0.145. The molecule has 0 spiro atoms. The van der Waals surface area contributed by atoms with Gasteiger partial charge in [-0.15, -0.1) is 10.2 Å². The van der Waals surface area contributed by atoms with Crippen molar-refractivity contribution in [3.63, 3.8) is 0 Å². The number of anilines is 1. The molecule has 0 radical (unpaired) electrons. The fourth-order valence-electron chi connectivity index (χ4n) is 4.17. The van der Waals surface area contributed by atoms with Gasteiger partial charge in [0.1, 0.15) is 6.54 Å². The quantitative estimate of drug-likeness (QED) is 0.512. The molecule has 0 unspecified atom stereocenters. The van der Waals surface area contributed by atoms with Crippen LogP contribution < -0.4 is 4.90 Å². The predicted molar refractivity (Wildman–Crippen MR) is 119 cm³/mol. The molecule has 1 aliphatic rings. The molecule has 1 fully saturated rings. The number of aryl methyl sites for hydroxylation is 2. The van der Waals surface area contributed by atoms with Crippen LogP contribution >= 0.6 is 0 Å². The third kappa shape index (κ3) is 3.76.